The van der Waals surface area contributed by atoms with Gasteiger partial charge >= 0.3 is 0 Å². The molecule has 0 aliphatic carbocycles. The summed E-state index contributed by atoms with van der Waals surface area (Å²) in [6.07, 6.45) is 0. The minimum atomic E-state index is 0.502. The normalized spacial score (nSPS) is 11.1. The molecule has 0 saturated heterocycles. The summed E-state index contributed by atoms with van der Waals surface area (Å²) in [6, 6.07) is 27.0. The molecule has 0 atom stereocenters. The Balaban J connectivity index is 1.78. The van der Waals surface area contributed by atoms with Gasteiger partial charge in [-0.3, -0.25) is 0 Å². The highest BCUT2D eigenvalue weighted by Crippen LogP contribution is 2.41. The van der Waals surface area contributed by atoms with E-state index in [9.17, 15) is 10.5 Å². The third-order valence-corrected chi connectivity index (χ3v) is 7.64. The lowest BCUT2D eigenvalue weighted by atomic mass is 10.00. The van der Waals surface area contributed by atoms with Crippen LogP contribution in [0.25, 0.3) is 55.2 Å². The molecule has 0 radical (unpaired) electrons. The van der Waals surface area contributed by atoms with Gasteiger partial charge in [0, 0.05) is 16.7 Å². The van der Waals surface area contributed by atoms with E-state index >= 15 is 0 Å². The largest absolute Gasteiger partial charge is 0.238 e. The molecule has 4 aromatic heterocycles. The number of para-hydroxylation sites is 1. The first kappa shape index (κ1) is 24.8. The van der Waals surface area contributed by atoms with Crippen molar-refractivity contribution < 1.29 is 0 Å². The number of aryl methyl sites for hydroxylation is 3. The summed E-state index contributed by atoms with van der Waals surface area (Å²) < 4.78 is 5.44. The highest BCUT2D eigenvalue weighted by atomic mass is 15.4. The van der Waals surface area contributed by atoms with Crippen molar-refractivity contribution in [2.75, 3.05) is 0 Å². The molecule has 0 bridgehead atoms. The second-order valence-electron chi connectivity index (χ2n) is 10.0. The van der Waals surface area contributed by atoms with Crippen LogP contribution >= 0.6 is 0 Å². The van der Waals surface area contributed by atoms with Gasteiger partial charge in [0.15, 0.2) is 22.6 Å². The van der Waals surface area contributed by atoms with Gasteiger partial charge in [-0.05, 0) is 38.5 Å². The van der Waals surface area contributed by atoms with Crippen molar-refractivity contribution in [2.24, 2.45) is 0 Å². The third kappa shape index (κ3) is 3.30. The summed E-state index contributed by atoms with van der Waals surface area (Å²) in [5, 5.41) is 35.0. The van der Waals surface area contributed by atoms with Crippen molar-refractivity contribution in [2.45, 2.75) is 20.8 Å². The van der Waals surface area contributed by atoms with Crippen molar-refractivity contribution in [1.29, 1.82) is 10.5 Å². The number of benzene rings is 3. The molecule has 7 rings (SSSR count). The van der Waals surface area contributed by atoms with Crippen LogP contribution in [-0.4, -0.2) is 28.8 Å². The van der Waals surface area contributed by atoms with Gasteiger partial charge in [0.05, 0.1) is 58.0 Å². The highest BCUT2D eigenvalue weighted by Gasteiger charge is 2.28. The lowest BCUT2D eigenvalue weighted by Gasteiger charge is -2.10. The lowest BCUT2D eigenvalue weighted by molar-refractivity contribution is 0.815. The molecular formula is C33H21N9. The lowest BCUT2D eigenvalue weighted by Crippen LogP contribution is -2.07. The van der Waals surface area contributed by atoms with Crippen LogP contribution in [-0.2, 0) is 0 Å². The van der Waals surface area contributed by atoms with E-state index in [1.165, 1.54) is 0 Å². The van der Waals surface area contributed by atoms with E-state index in [0.717, 1.165) is 33.4 Å². The molecular weight excluding hydrogens is 522 g/mol. The first-order valence-electron chi connectivity index (χ1n) is 13.2. The monoisotopic (exact) mass is 543 g/mol. The van der Waals surface area contributed by atoms with Crippen LogP contribution in [0.5, 0.6) is 0 Å². The maximum atomic E-state index is 10.0. The van der Waals surface area contributed by atoms with Crippen LogP contribution < -0.4 is 0 Å². The molecule has 9 heteroatoms. The number of aromatic nitrogens is 6. The van der Waals surface area contributed by atoms with Crippen LogP contribution in [0.2, 0.25) is 0 Å². The Morgan fingerprint density at radius 1 is 0.571 bits per heavy atom. The average Bonchev–Trinajstić information content (AvgIpc) is 3.66. The molecule has 7 aromatic rings. The third-order valence-electron chi connectivity index (χ3n) is 7.64. The van der Waals surface area contributed by atoms with Crippen LogP contribution in [0.4, 0.5) is 5.69 Å². The quantitative estimate of drug-likeness (QED) is 0.227. The summed E-state index contributed by atoms with van der Waals surface area (Å²) in [5.74, 6) is 0. The Morgan fingerprint density at radius 3 is 1.33 bits per heavy atom. The fourth-order valence-electron chi connectivity index (χ4n) is 5.90. The van der Waals surface area contributed by atoms with Gasteiger partial charge in [0.1, 0.15) is 0 Å². The number of nitrogens with zero attached hydrogens (tertiary/aromatic N) is 9. The predicted octanol–water partition coefficient (Wildman–Crippen LogP) is 6.85. The summed E-state index contributed by atoms with van der Waals surface area (Å²) in [5.41, 5.74) is 10.2. The zero-order valence-electron chi connectivity index (χ0n) is 23.0. The van der Waals surface area contributed by atoms with Crippen LogP contribution in [0, 0.1) is 50.0 Å². The molecule has 0 N–H and O–H groups in total. The van der Waals surface area contributed by atoms with Crippen LogP contribution in [0.1, 0.15) is 28.2 Å². The number of fused-ring (bicyclic) bond motifs is 6. The number of nitriles is 2. The van der Waals surface area contributed by atoms with Gasteiger partial charge in [0.25, 0.3) is 0 Å². The fourth-order valence-corrected chi connectivity index (χ4v) is 5.90. The molecule has 0 aliphatic heterocycles. The fraction of sp³-hybridized carbons (Fsp3) is 0.0909. The summed E-state index contributed by atoms with van der Waals surface area (Å²) >= 11 is 0. The second-order valence-corrected chi connectivity index (χ2v) is 10.0. The van der Waals surface area contributed by atoms with Gasteiger partial charge in [-0.15, -0.1) is 0 Å². The summed E-state index contributed by atoms with van der Waals surface area (Å²) in [7, 11) is 0. The Labute approximate surface area is 240 Å². The van der Waals surface area contributed by atoms with E-state index in [-0.39, 0.29) is 0 Å². The van der Waals surface area contributed by atoms with E-state index in [4.69, 9.17) is 21.9 Å². The number of hydrogen-bond donors (Lipinski definition) is 0. The smallest absolute Gasteiger partial charge is 0.195 e. The standard InChI is InChI=1S/C33H21N9/c1-19-28(24-13-7-5-11-22(24)17-34)32-40(37-19)31-29(25-14-8-6-12-23(25)18-35)20(2)38-41(31)33-30(21(3)39-42(32)33)26-15-9-10-16-27(26)36-4/h5-16H,1-3H3. The number of rotatable bonds is 3. The summed E-state index contributed by atoms with van der Waals surface area (Å²) in [4.78, 5) is 3.80. The molecule has 0 fully saturated rings. The van der Waals surface area contributed by atoms with Gasteiger partial charge in [-0.25, -0.2) is 4.85 Å². The Hall–Kier alpha value is -6.24. The molecule has 4 heterocycles. The van der Waals surface area contributed by atoms with Gasteiger partial charge in [0.2, 0.25) is 0 Å². The molecule has 0 amide bonds. The molecule has 198 valence electrons. The van der Waals surface area contributed by atoms with Crippen LogP contribution in [0.15, 0.2) is 72.8 Å². The minimum Gasteiger partial charge on any atom is -0.238 e. The Morgan fingerprint density at radius 2 is 0.929 bits per heavy atom. The SMILES string of the molecule is [C-]#[N+]c1ccccc1-c1c(C)nn2c3c(-c4ccccc4C#N)c(C)nn3c3c(-c4ccccc4C#N)c(C)nn3c12. The minimum absolute atomic E-state index is 0.502. The van der Waals surface area contributed by atoms with Crippen molar-refractivity contribution >= 4 is 22.6 Å². The summed E-state index contributed by atoms with van der Waals surface area (Å²) in [6.45, 7) is 13.6. The van der Waals surface area contributed by atoms with E-state index in [1.54, 1.807) is 18.2 Å². The molecule has 3 aromatic carbocycles. The van der Waals surface area contributed by atoms with Gasteiger partial charge in [-0.1, -0.05) is 60.7 Å². The molecule has 0 spiro atoms. The second kappa shape index (κ2) is 9.16. The van der Waals surface area contributed by atoms with E-state index in [1.807, 2.05) is 88.9 Å². The van der Waals surface area contributed by atoms with Gasteiger partial charge in [-0.2, -0.15) is 39.4 Å². The van der Waals surface area contributed by atoms with E-state index < -0.39 is 0 Å². The topological polar surface area (TPSA) is 104 Å². The predicted molar refractivity (Wildman–Crippen MR) is 159 cm³/mol. The maximum Gasteiger partial charge on any atom is 0.195 e. The zero-order valence-corrected chi connectivity index (χ0v) is 23.0. The Kier molecular flexibility index (Phi) is 5.40. The first-order chi connectivity index (χ1) is 20.5. The van der Waals surface area contributed by atoms with E-state index in [2.05, 4.69) is 17.0 Å². The highest BCUT2D eigenvalue weighted by molar-refractivity contribution is 5.95. The number of hydrogen-bond acceptors (Lipinski definition) is 5. The van der Waals surface area contributed by atoms with E-state index in [0.29, 0.717) is 50.8 Å². The average molecular weight is 544 g/mol. The maximum absolute atomic E-state index is 10.0. The zero-order chi connectivity index (χ0) is 29.1. The molecule has 9 nitrogen and oxygen atoms in total. The first-order valence-corrected chi connectivity index (χ1v) is 13.2. The van der Waals surface area contributed by atoms with Gasteiger partial charge < -0.3 is 0 Å². The van der Waals surface area contributed by atoms with Crippen molar-refractivity contribution in [1.82, 2.24) is 28.8 Å². The van der Waals surface area contributed by atoms with Crippen molar-refractivity contribution in [3.8, 4) is 45.5 Å². The molecule has 0 aliphatic rings. The van der Waals surface area contributed by atoms with Crippen molar-refractivity contribution in [3.63, 3.8) is 0 Å². The van der Waals surface area contributed by atoms with Crippen LogP contribution in [0.3, 0.4) is 0 Å². The molecule has 0 unspecified atom stereocenters. The Bertz CT molecular complexity index is 2080. The molecule has 0 saturated carbocycles. The van der Waals surface area contributed by atoms with Crippen molar-refractivity contribution in [3.05, 3.63) is 112 Å². The molecule has 42 heavy (non-hydrogen) atoms.